The van der Waals surface area contributed by atoms with Gasteiger partial charge in [0.15, 0.2) is 11.4 Å². The molecular weight excluding hydrogens is 348 g/mol. The van der Waals surface area contributed by atoms with Crippen LogP contribution in [0.25, 0.3) is 16.9 Å². The van der Waals surface area contributed by atoms with E-state index < -0.39 is 4.92 Å². The molecule has 4 rings (SSSR count). The molecule has 2 aromatic heterocycles. The molecule has 132 valence electrons. The van der Waals surface area contributed by atoms with Crippen LogP contribution in [0.5, 0.6) is 5.75 Å². The maximum absolute atomic E-state index is 12.6. The highest BCUT2D eigenvalue weighted by Crippen LogP contribution is 2.23. The van der Waals surface area contributed by atoms with E-state index in [0.717, 1.165) is 0 Å². The number of aromatic nitrogens is 3. The molecule has 8 heteroatoms. The van der Waals surface area contributed by atoms with Gasteiger partial charge in [-0.15, -0.1) is 0 Å². The Morgan fingerprint density at radius 1 is 1.11 bits per heavy atom. The normalized spacial score (nSPS) is 10.8. The molecule has 0 spiro atoms. The molecule has 8 nitrogen and oxygen atoms in total. The lowest BCUT2D eigenvalue weighted by Gasteiger charge is -2.03. The van der Waals surface area contributed by atoms with Crippen molar-refractivity contribution in [2.45, 2.75) is 0 Å². The first-order valence-corrected chi connectivity index (χ1v) is 7.96. The fourth-order valence-electron chi connectivity index (χ4n) is 2.71. The molecule has 2 heterocycles. The van der Waals surface area contributed by atoms with Gasteiger partial charge in [-0.25, -0.2) is 9.50 Å². The van der Waals surface area contributed by atoms with Crippen LogP contribution in [0.1, 0.15) is 15.9 Å². The van der Waals surface area contributed by atoms with Crippen LogP contribution in [0.3, 0.4) is 0 Å². The Hall–Kier alpha value is -4.07. The Balaban J connectivity index is 1.71. The third kappa shape index (κ3) is 2.99. The van der Waals surface area contributed by atoms with Crippen LogP contribution in [0.2, 0.25) is 0 Å². The summed E-state index contributed by atoms with van der Waals surface area (Å²) in [6.07, 6.45) is 2.96. The fourth-order valence-corrected chi connectivity index (χ4v) is 2.71. The van der Waals surface area contributed by atoms with Crippen molar-refractivity contribution < 1.29 is 14.8 Å². The van der Waals surface area contributed by atoms with Crippen molar-refractivity contribution in [3.05, 3.63) is 88.2 Å². The summed E-state index contributed by atoms with van der Waals surface area (Å²) in [5.74, 6) is -0.468. The summed E-state index contributed by atoms with van der Waals surface area (Å²) in [4.78, 5) is 27.1. The van der Waals surface area contributed by atoms with Crippen LogP contribution in [0.15, 0.2) is 67.0 Å². The zero-order valence-corrected chi connectivity index (χ0v) is 13.8. The topological polar surface area (TPSA) is 111 Å². The monoisotopic (exact) mass is 360 g/mol. The smallest absolute Gasteiger partial charge is 0.269 e. The number of phenols is 1. The summed E-state index contributed by atoms with van der Waals surface area (Å²) in [6.45, 7) is 0. The standard InChI is InChI=1S/C19H12N4O4/c24-17-4-2-1-3-15(17)19(25)13-10-20-18-9-16(21-22(18)11-13)12-5-7-14(8-6-12)23(26)27/h1-11,24H. The van der Waals surface area contributed by atoms with Gasteiger partial charge in [0, 0.05) is 36.2 Å². The SMILES string of the molecule is O=C(c1cnc2cc(-c3ccc([N+](=O)[O-])cc3)nn2c1)c1ccccc1O. The summed E-state index contributed by atoms with van der Waals surface area (Å²) in [5.41, 5.74) is 2.25. The number of aromatic hydroxyl groups is 1. The number of non-ortho nitro benzene ring substituents is 1. The zero-order chi connectivity index (χ0) is 19.0. The van der Waals surface area contributed by atoms with Crippen LogP contribution in [0.4, 0.5) is 5.69 Å². The van der Waals surface area contributed by atoms with E-state index in [0.29, 0.717) is 16.9 Å². The predicted molar refractivity (Wildman–Crippen MR) is 96.6 cm³/mol. The quantitative estimate of drug-likeness (QED) is 0.340. The molecule has 0 atom stereocenters. The second-order valence-electron chi connectivity index (χ2n) is 5.83. The lowest BCUT2D eigenvalue weighted by Crippen LogP contribution is -2.04. The number of hydrogen-bond acceptors (Lipinski definition) is 6. The lowest BCUT2D eigenvalue weighted by molar-refractivity contribution is -0.384. The number of benzene rings is 2. The van der Waals surface area contributed by atoms with Gasteiger partial charge in [-0.05, 0) is 24.3 Å². The molecule has 0 bridgehead atoms. The van der Waals surface area contributed by atoms with Gasteiger partial charge in [0.25, 0.3) is 5.69 Å². The van der Waals surface area contributed by atoms with E-state index in [1.165, 1.54) is 41.2 Å². The Kier molecular flexibility index (Phi) is 3.85. The highest BCUT2D eigenvalue weighted by Gasteiger charge is 2.15. The van der Waals surface area contributed by atoms with Crippen molar-refractivity contribution in [1.29, 1.82) is 0 Å². The molecule has 1 N–H and O–H groups in total. The summed E-state index contributed by atoms with van der Waals surface area (Å²) in [6, 6.07) is 14.0. The van der Waals surface area contributed by atoms with Crippen LogP contribution in [-0.2, 0) is 0 Å². The average molecular weight is 360 g/mol. The van der Waals surface area contributed by atoms with Gasteiger partial charge < -0.3 is 5.11 Å². The molecule has 0 aliphatic rings. The second-order valence-corrected chi connectivity index (χ2v) is 5.83. The minimum Gasteiger partial charge on any atom is -0.507 e. The van der Waals surface area contributed by atoms with E-state index in [1.807, 2.05) is 0 Å². The van der Waals surface area contributed by atoms with E-state index in [4.69, 9.17) is 0 Å². The molecule has 0 saturated carbocycles. The molecule has 0 fully saturated rings. The number of para-hydroxylation sites is 1. The molecule has 27 heavy (non-hydrogen) atoms. The van der Waals surface area contributed by atoms with Crippen molar-refractivity contribution in [3.8, 4) is 17.0 Å². The number of phenolic OH excluding ortho intramolecular Hbond substituents is 1. The Labute approximate surface area is 152 Å². The van der Waals surface area contributed by atoms with Gasteiger partial charge in [0.1, 0.15) is 5.75 Å². The van der Waals surface area contributed by atoms with Crippen molar-refractivity contribution in [2.75, 3.05) is 0 Å². The van der Waals surface area contributed by atoms with Gasteiger partial charge in [0.2, 0.25) is 0 Å². The van der Waals surface area contributed by atoms with Crippen molar-refractivity contribution >= 4 is 17.1 Å². The van der Waals surface area contributed by atoms with Crippen molar-refractivity contribution in [2.24, 2.45) is 0 Å². The van der Waals surface area contributed by atoms with E-state index in [-0.39, 0.29) is 28.3 Å². The molecule has 0 radical (unpaired) electrons. The number of nitrogens with zero attached hydrogens (tertiary/aromatic N) is 4. The third-order valence-electron chi connectivity index (χ3n) is 4.10. The third-order valence-corrected chi connectivity index (χ3v) is 4.10. The number of ketones is 1. The molecule has 4 aromatic rings. The van der Waals surface area contributed by atoms with E-state index >= 15 is 0 Å². The van der Waals surface area contributed by atoms with Gasteiger partial charge >= 0.3 is 0 Å². The van der Waals surface area contributed by atoms with Crippen LogP contribution < -0.4 is 0 Å². The average Bonchev–Trinajstić information content (AvgIpc) is 3.11. The molecule has 0 aliphatic carbocycles. The Morgan fingerprint density at radius 2 is 1.85 bits per heavy atom. The number of rotatable bonds is 4. The minimum absolute atomic E-state index is 0.00353. The molecule has 0 aliphatic heterocycles. The second kappa shape index (κ2) is 6.34. The van der Waals surface area contributed by atoms with E-state index in [2.05, 4.69) is 10.1 Å². The molecular formula is C19H12N4O4. The lowest BCUT2D eigenvalue weighted by atomic mass is 10.1. The van der Waals surface area contributed by atoms with Crippen LogP contribution >= 0.6 is 0 Å². The first-order chi connectivity index (χ1) is 13.0. The highest BCUT2D eigenvalue weighted by molar-refractivity contribution is 6.10. The summed E-state index contributed by atoms with van der Waals surface area (Å²) >= 11 is 0. The van der Waals surface area contributed by atoms with Gasteiger partial charge in [-0.2, -0.15) is 5.10 Å². The first kappa shape index (κ1) is 16.4. The number of nitro groups is 1. The Bertz CT molecular complexity index is 1180. The molecule has 0 amide bonds. The molecule has 0 saturated heterocycles. The summed E-state index contributed by atoms with van der Waals surface area (Å²) in [5, 5.41) is 25.0. The maximum atomic E-state index is 12.6. The minimum atomic E-state index is -0.466. The van der Waals surface area contributed by atoms with Crippen LogP contribution in [-0.4, -0.2) is 30.4 Å². The largest absolute Gasteiger partial charge is 0.507 e. The summed E-state index contributed by atoms with van der Waals surface area (Å²) in [7, 11) is 0. The zero-order valence-electron chi connectivity index (χ0n) is 13.8. The highest BCUT2D eigenvalue weighted by atomic mass is 16.6. The van der Waals surface area contributed by atoms with Gasteiger partial charge in [-0.3, -0.25) is 14.9 Å². The Morgan fingerprint density at radius 3 is 2.56 bits per heavy atom. The predicted octanol–water partition coefficient (Wildman–Crippen LogP) is 3.24. The van der Waals surface area contributed by atoms with Crippen molar-refractivity contribution in [1.82, 2.24) is 14.6 Å². The van der Waals surface area contributed by atoms with Gasteiger partial charge in [0.05, 0.1) is 21.7 Å². The first-order valence-electron chi connectivity index (χ1n) is 7.96. The van der Waals surface area contributed by atoms with Crippen molar-refractivity contribution in [3.63, 3.8) is 0 Å². The van der Waals surface area contributed by atoms with E-state index in [9.17, 15) is 20.0 Å². The van der Waals surface area contributed by atoms with Gasteiger partial charge in [-0.1, -0.05) is 12.1 Å². The molecule has 2 aromatic carbocycles. The molecule has 0 unspecified atom stereocenters. The maximum Gasteiger partial charge on any atom is 0.269 e. The summed E-state index contributed by atoms with van der Waals surface area (Å²) < 4.78 is 1.46. The number of nitro benzene ring substituents is 1. The fraction of sp³-hybridized carbons (Fsp3) is 0. The van der Waals surface area contributed by atoms with E-state index in [1.54, 1.807) is 30.3 Å². The number of carbonyl (C=O) groups excluding carboxylic acids is 1. The van der Waals surface area contributed by atoms with Crippen LogP contribution in [0, 0.1) is 10.1 Å². The number of fused-ring (bicyclic) bond motifs is 1. The number of carbonyl (C=O) groups is 1. The number of hydrogen-bond donors (Lipinski definition) is 1.